The van der Waals surface area contributed by atoms with E-state index in [1.165, 1.54) is 0 Å². The first kappa shape index (κ1) is 21.0. The molecule has 0 aliphatic heterocycles. The number of pyridine rings is 1. The van der Waals surface area contributed by atoms with Crippen molar-refractivity contribution in [1.82, 2.24) is 14.5 Å². The van der Waals surface area contributed by atoms with Gasteiger partial charge in [-0.15, -0.1) is 0 Å². The number of carbonyl (C=O) groups is 1. The molecule has 0 atom stereocenters. The second-order valence-electron chi connectivity index (χ2n) is 7.16. The molecule has 0 unspecified atom stereocenters. The third-order valence-electron chi connectivity index (χ3n) is 5.11. The first-order valence-corrected chi connectivity index (χ1v) is 9.92. The molecule has 0 saturated heterocycles. The maximum atomic E-state index is 11.2. The summed E-state index contributed by atoms with van der Waals surface area (Å²) in [5, 5.41) is 6.59. The lowest BCUT2D eigenvalue weighted by Gasteiger charge is -2.11. The maximum absolute atomic E-state index is 11.2. The van der Waals surface area contributed by atoms with Crippen LogP contribution < -0.4 is 25.8 Å². The number of benzene rings is 2. The van der Waals surface area contributed by atoms with Gasteiger partial charge in [0.2, 0.25) is 11.9 Å². The Balaban J connectivity index is 1.51. The fraction of sp³-hybridized carbons (Fsp3) is 0.174. The normalized spacial score (nSPS) is 10.7. The van der Waals surface area contributed by atoms with Crippen LogP contribution in [0.3, 0.4) is 0 Å². The van der Waals surface area contributed by atoms with Crippen LogP contribution in [0, 0.1) is 0 Å². The number of imidazole rings is 1. The Morgan fingerprint density at radius 2 is 1.81 bits per heavy atom. The van der Waals surface area contributed by atoms with Crippen LogP contribution in [0.25, 0.3) is 11.0 Å². The van der Waals surface area contributed by atoms with Crippen molar-refractivity contribution in [2.45, 2.75) is 6.54 Å². The monoisotopic (exact) mass is 432 g/mol. The highest BCUT2D eigenvalue weighted by molar-refractivity contribution is 5.93. The molecule has 1 amide bonds. The van der Waals surface area contributed by atoms with Gasteiger partial charge in [-0.25, -0.2) is 9.97 Å². The average molecular weight is 432 g/mol. The van der Waals surface area contributed by atoms with Crippen molar-refractivity contribution in [2.24, 2.45) is 12.8 Å². The summed E-state index contributed by atoms with van der Waals surface area (Å²) in [5.41, 5.74) is 9.28. The molecule has 2 heterocycles. The first-order chi connectivity index (χ1) is 15.5. The Labute approximate surface area is 185 Å². The number of anilines is 3. The summed E-state index contributed by atoms with van der Waals surface area (Å²) < 4.78 is 12.6. The van der Waals surface area contributed by atoms with Crippen LogP contribution in [0.2, 0.25) is 0 Å². The van der Waals surface area contributed by atoms with Gasteiger partial charge in [-0.3, -0.25) is 4.79 Å². The number of primary amides is 1. The zero-order valence-electron chi connectivity index (χ0n) is 18.0. The van der Waals surface area contributed by atoms with Crippen molar-refractivity contribution in [1.29, 1.82) is 0 Å². The molecule has 0 radical (unpaired) electrons. The molecule has 0 aliphatic carbocycles. The minimum atomic E-state index is -0.459. The minimum Gasteiger partial charge on any atom is -0.493 e. The number of rotatable bonds is 8. The lowest BCUT2D eigenvalue weighted by molar-refractivity contribution is 0.100. The van der Waals surface area contributed by atoms with Gasteiger partial charge in [-0.1, -0.05) is 6.07 Å². The number of amides is 1. The fourth-order valence-electron chi connectivity index (χ4n) is 3.36. The number of nitrogens with two attached hydrogens (primary N) is 1. The van der Waals surface area contributed by atoms with Gasteiger partial charge >= 0.3 is 0 Å². The summed E-state index contributed by atoms with van der Waals surface area (Å²) in [6.45, 7) is 0.572. The number of hydrogen-bond acceptors (Lipinski definition) is 7. The second-order valence-corrected chi connectivity index (χ2v) is 7.16. The number of hydrogen-bond donors (Lipinski definition) is 3. The van der Waals surface area contributed by atoms with Crippen molar-refractivity contribution in [3.8, 4) is 11.5 Å². The summed E-state index contributed by atoms with van der Waals surface area (Å²) in [5.74, 6) is 2.30. The van der Waals surface area contributed by atoms with Crippen molar-refractivity contribution in [3.63, 3.8) is 0 Å². The smallest absolute Gasteiger partial charge is 0.248 e. The Morgan fingerprint density at radius 1 is 1.06 bits per heavy atom. The summed E-state index contributed by atoms with van der Waals surface area (Å²) in [7, 11) is 5.17. The third kappa shape index (κ3) is 4.27. The molecule has 9 nitrogen and oxygen atoms in total. The molecule has 0 bridgehead atoms. The van der Waals surface area contributed by atoms with Gasteiger partial charge in [0.1, 0.15) is 11.3 Å². The van der Waals surface area contributed by atoms with E-state index in [4.69, 9.17) is 15.2 Å². The second kappa shape index (κ2) is 8.84. The van der Waals surface area contributed by atoms with Crippen LogP contribution in [0.15, 0.2) is 54.7 Å². The van der Waals surface area contributed by atoms with E-state index in [9.17, 15) is 4.79 Å². The highest BCUT2D eigenvalue weighted by Gasteiger charge is 2.11. The number of aromatic nitrogens is 3. The quantitative estimate of drug-likeness (QED) is 0.390. The molecule has 4 rings (SSSR count). The van der Waals surface area contributed by atoms with Crippen LogP contribution in [0.5, 0.6) is 11.5 Å². The average Bonchev–Trinajstić information content (AvgIpc) is 3.12. The van der Waals surface area contributed by atoms with E-state index in [-0.39, 0.29) is 0 Å². The molecule has 9 heteroatoms. The zero-order chi connectivity index (χ0) is 22.7. The minimum absolute atomic E-state index is 0.454. The van der Waals surface area contributed by atoms with E-state index in [2.05, 4.69) is 20.6 Å². The predicted octanol–water partition coefficient (Wildman–Crippen LogP) is 3.44. The molecule has 164 valence electrons. The molecule has 0 aliphatic rings. The third-order valence-corrected chi connectivity index (χ3v) is 5.11. The maximum Gasteiger partial charge on any atom is 0.248 e. The number of carbonyl (C=O) groups excluding carboxylic acids is 1. The lowest BCUT2D eigenvalue weighted by atomic mass is 10.2. The van der Waals surface area contributed by atoms with E-state index < -0.39 is 5.91 Å². The van der Waals surface area contributed by atoms with Gasteiger partial charge in [0.25, 0.3) is 0 Å². The highest BCUT2D eigenvalue weighted by atomic mass is 16.5. The number of nitrogens with one attached hydrogen (secondary N) is 2. The van der Waals surface area contributed by atoms with Gasteiger partial charge in [0, 0.05) is 30.9 Å². The summed E-state index contributed by atoms with van der Waals surface area (Å²) >= 11 is 0. The molecule has 0 saturated carbocycles. The molecular weight excluding hydrogens is 408 g/mol. The summed E-state index contributed by atoms with van der Waals surface area (Å²) in [6, 6.07) is 14.6. The van der Waals surface area contributed by atoms with Gasteiger partial charge in [0.15, 0.2) is 11.5 Å². The van der Waals surface area contributed by atoms with Crippen LogP contribution in [0.4, 0.5) is 17.5 Å². The van der Waals surface area contributed by atoms with Crippen LogP contribution >= 0.6 is 0 Å². The molecule has 32 heavy (non-hydrogen) atoms. The topological polar surface area (TPSA) is 116 Å². The highest BCUT2D eigenvalue weighted by Crippen LogP contribution is 2.28. The first-order valence-electron chi connectivity index (χ1n) is 9.92. The Bertz CT molecular complexity index is 1270. The number of methoxy groups -OCH3 is 2. The van der Waals surface area contributed by atoms with Crippen LogP contribution in [0.1, 0.15) is 15.9 Å². The van der Waals surface area contributed by atoms with E-state index in [0.29, 0.717) is 29.4 Å². The zero-order valence-corrected chi connectivity index (χ0v) is 18.0. The van der Waals surface area contributed by atoms with Crippen molar-refractivity contribution < 1.29 is 14.3 Å². The standard InChI is InChI=1S/C23H24N6O3/c1-29-18-11-21(27-16-7-5-15(6-8-16)22(24)30)25-13-17(18)28-23(29)26-12-14-4-9-19(31-2)20(10-14)32-3/h4-11,13H,12H2,1-3H3,(H2,24,30)(H,25,27)(H,26,28). The number of ether oxygens (including phenoxy) is 2. The lowest BCUT2D eigenvalue weighted by Crippen LogP contribution is -2.10. The summed E-state index contributed by atoms with van der Waals surface area (Å²) in [6.07, 6.45) is 1.72. The van der Waals surface area contributed by atoms with Gasteiger partial charge in [-0.2, -0.15) is 0 Å². The van der Waals surface area contributed by atoms with Gasteiger partial charge < -0.3 is 30.4 Å². The molecule has 2 aromatic heterocycles. The van der Waals surface area contributed by atoms with E-state index in [1.807, 2.05) is 35.9 Å². The Kier molecular flexibility index (Phi) is 5.80. The molecule has 2 aromatic carbocycles. The molecule has 4 aromatic rings. The van der Waals surface area contributed by atoms with Crippen molar-refractivity contribution in [3.05, 3.63) is 65.9 Å². The number of fused-ring (bicyclic) bond motifs is 1. The van der Waals surface area contributed by atoms with E-state index >= 15 is 0 Å². The van der Waals surface area contributed by atoms with Crippen molar-refractivity contribution >= 4 is 34.4 Å². The Morgan fingerprint density at radius 3 is 2.50 bits per heavy atom. The van der Waals surface area contributed by atoms with Crippen LogP contribution in [-0.4, -0.2) is 34.7 Å². The van der Waals surface area contributed by atoms with E-state index in [1.54, 1.807) is 44.7 Å². The molecule has 4 N–H and O–H groups in total. The van der Waals surface area contributed by atoms with Crippen molar-refractivity contribution in [2.75, 3.05) is 24.9 Å². The number of nitrogens with zero attached hydrogens (tertiary/aromatic N) is 3. The SMILES string of the molecule is COc1ccc(CNc2nc3cnc(Nc4ccc(C(N)=O)cc4)cc3n2C)cc1OC. The molecular formula is C23H24N6O3. The van der Waals surface area contributed by atoms with Crippen LogP contribution in [-0.2, 0) is 13.6 Å². The largest absolute Gasteiger partial charge is 0.493 e. The summed E-state index contributed by atoms with van der Waals surface area (Å²) in [4.78, 5) is 20.3. The predicted molar refractivity (Wildman–Crippen MR) is 124 cm³/mol. The fourth-order valence-corrected chi connectivity index (χ4v) is 3.36. The molecule has 0 fully saturated rings. The van der Waals surface area contributed by atoms with Gasteiger partial charge in [0.05, 0.1) is 25.9 Å². The molecule has 0 spiro atoms. The van der Waals surface area contributed by atoms with Gasteiger partial charge in [-0.05, 0) is 42.0 Å². The Hall–Kier alpha value is -4.27. The van der Waals surface area contributed by atoms with E-state index in [0.717, 1.165) is 28.2 Å². The number of aryl methyl sites for hydroxylation is 1.